The molecule has 0 aromatic carbocycles. The number of hydrogen-bond donors (Lipinski definition) is 0. The lowest BCUT2D eigenvalue weighted by Crippen LogP contribution is -2.02. The first-order chi connectivity index (χ1) is 8.24. The van der Waals surface area contributed by atoms with Crippen molar-refractivity contribution in [1.82, 2.24) is 9.55 Å². The zero-order valence-electron chi connectivity index (χ0n) is 11.8. The Morgan fingerprint density at radius 3 is 2.35 bits per heavy atom. The summed E-state index contributed by atoms with van der Waals surface area (Å²) in [5, 5.41) is 0. The number of aryl methyl sites for hydroxylation is 1. The Labute approximate surface area is 106 Å². The molecule has 0 radical (unpaired) electrons. The summed E-state index contributed by atoms with van der Waals surface area (Å²) in [5.41, 5.74) is 1.12. The molecule has 1 aromatic rings. The summed E-state index contributed by atoms with van der Waals surface area (Å²) in [4.78, 5) is 4.28. The van der Waals surface area contributed by atoms with E-state index in [9.17, 15) is 0 Å². The number of nitrogens with zero attached hydrogens (tertiary/aromatic N) is 2. The van der Waals surface area contributed by atoms with Crippen molar-refractivity contribution < 1.29 is 0 Å². The van der Waals surface area contributed by atoms with Crippen LogP contribution in [-0.2, 0) is 0 Å². The zero-order valence-corrected chi connectivity index (χ0v) is 11.8. The predicted octanol–water partition coefficient (Wildman–Crippen LogP) is 4.89. The van der Waals surface area contributed by atoms with Gasteiger partial charge in [-0.05, 0) is 20.3 Å². The molecule has 0 aliphatic carbocycles. The molecule has 0 N–H and O–H groups in total. The van der Waals surface area contributed by atoms with E-state index < -0.39 is 0 Å². The quantitative estimate of drug-likeness (QED) is 0.558. The van der Waals surface area contributed by atoms with Gasteiger partial charge in [0.1, 0.15) is 0 Å². The number of rotatable bonds is 9. The van der Waals surface area contributed by atoms with Crippen LogP contribution in [0.5, 0.6) is 0 Å². The highest BCUT2D eigenvalue weighted by Gasteiger charge is 2.04. The van der Waals surface area contributed by atoms with Crippen molar-refractivity contribution >= 4 is 0 Å². The monoisotopic (exact) mass is 236 g/mol. The lowest BCUT2D eigenvalue weighted by Gasteiger charge is -2.12. The smallest absolute Gasteiger partial charge is 0.0951 e. The third-order valence-corrected chi connectivity index (χ3v) is 3.47. The normalized spacial score (nSPS) is 12.9. The lowest BCUT2D eigenvalue weighted by molar-refractivity contribution is 0.466. The first-order valence-corrected chi connectivity index (χ1v) is 7.24. The van der Waals surface area contributed by atoms with Gasteiger partial charge in [-0.3, -0.25) is 0 Å². The number of imidazole rings is 1. The summed E-state index contributed by atoms with van der Waals surface area (Å²) in [6.07, 6.45) is 15.1. The zero-order chi connectivity index (χ0) is 12.5. The molecule has 2 nitrogen and oxygen atoms in total. The number of unbranched alkanes of at least 4 members (excludes halogenated alkanes) is 6. The minimum atomic E-state index is 0.604. The van der Waals surface area contributed by atoms with Crippen molar-refractivity contribution in [3.63, 3.8) is 0 Å². The molecule has 0 saturated heterocycles. The standard InChI is InChI=1S/C15H28N2/c1-4-5-6-7-8-9-10-11-15(3)17-12-14(2)16-13-17/h12-13,15H,4-11H2,1-3H3. The first kappa shape index (κ1) is 14.3. The van der Waals surface area contributed by atoms with Gasteiger partial charge in [0.05, 0.1) is 12.0 Å². The maximum Gasteiger partial charge on any atom is 0.0951 e. The highest BCUT2D eigenvalue weighted by Crippen LogP contribution is 2.16. The van der Waals surface area contributed by atoms with E-state index in [0.717, 1.165) is 5.69 Å². The Bertz CT molecular complexity index is 291. The van der Waals surface area contributed by atoms with Crippen LogP contribution >= 0.6 is 0 Å². The van der Waals surface area contributed by atoms with Crippen LogP contribution in [-0.4, -0.2) is 9.55 Å². The highest BCUT2D eigenvalue weighted by atomic mass is 15.1. The molecule has 1 atom stereocenters. The molecule has 0 bridgehead atoms. The number of hydrogen-bond acceptors (Lipinski definition) is 1. The van der Waals surface area contributed by atoms with Gasteiger partial charge in [0.25, 0.3) is 0 Å². The van der Waals surface area contributed by atoms with Crippen molar-refractivity contribution in [3.8, 4) is 0 Å². The van der Waals surface area contributed by atoms with Crippen molar-refractivity contribution in [2.45, 2.75) is 78.2 Å². The van der Waals surface area contributed by atoms with Crippen LogP contribution in [0, 0.1) is 6.92 Å². The summed E-state index contributed by atoms with van der Waals surface area (Å²) in [7, 11) is 0. The molecule has 0 spiro atoms. The molecule has 0 aliphatic rings. The van der Waals surface area contributed by atoms with Gasteiger partial charge in [0.2, 0.25) is 0 Å². The lowest BCUT2D eigenvalue weighted by atomic mass is 10.1. The minimum Gasteiger partial charge on any atom is -0.334 e. The van der Waals surface area contributed by atoms with E-state index in [1.165, 1.54) is 51.4 Å². The van der Waals surface area contributed by atoms with Crippen LogP contribution in [0.3, 0.4) is 0 Å². The molecule has 1 rings (SSSR count). The Kier molecular flexibility index (Phi) is 6.99. The molecular formula is C15H28N2. The fourth-order valence-electron chi connectivity index (χ4n) is 2.23. The maximum atomic E-state index is 4.28. The Morgan fingerprint density at radius 1 is 1.12 bits per heavy atom. The molecule has 0 aliphatic heterocycles. The van der Waals surface area contributed by atoms with E-state index >= 15 is 0 Å². The van der Waals surface area contributed by atoms with Gasteiger partial charge >= 0.3 is 0 Å². The molecular weight excluding hydrogens is 208 g/mol. The van der Waals surface area contributed by atoms with Crippen LogP contribution in [0.25, 0.3) is 0 Å². The molecule has 1 aromatic heterocycles. The maximum absolute atomic E-state index is 4.28. The first-order valence-electron chi connectivity index (χ1n) is 7.24. The molecule has 2 heteroatoms. The van der Waals surface area contributed by atoms with E-state index in [1.807, 2.05) is 6.33 Å². The second-order valence-electron chi connectivity index (χ2n) is 5.22. The molecule has 17 heavy (non-hydrogen) atoms. The van der Waals surface area contributed by atoms with Crippen molar-refractivity contribution in [1.29, 1.82) is 0 Å². The Morgan fingerprint density at radius 2 is 1.76 bits per heavy atom. The average molecular weight is 236 g/mol. The van der Waals surface area contributed by atoms with E-state index in [4.69, 9.17) is 0 Å². The molecule has 1 heterocycles. The molecule has 1 unspecified atom stereocenters. The summed E-state index contributed by atoms with van der Waals surface area (Å²) < 4.78 is 2.24. The summed E-state index contributed by atoms with van der Waals surface area (Å²) in [5.74, 6) is 0. The van der Waals surface area contributed by atoms with Crippen LogP contribution in [0.4, 0.5) is 0 Å². The van der Waals surface area contributed by atoms with Gasteiger partial charge in [-0.2, -0.15) is 0 Å². The fourth-order valence-corrected chi connectivity index (χ4v) is 2.23. The SMILES string of the molecule is CCCCCCCCCC(C)n1cnc(C)c1. The molecule has 0 fully saturated rings. The van der Waals surface area contributed by atoms with Gasteiger partial charge in [0.15, 0.2) is 0 Å². The van der Waals surface area contributed by atoms with Gasteiger partial charge in [0, 0.05) is 12.2 Å². The second-order valence-corrected chi connectivity index (χ2v) is 5.22. The Hall–Kier alpha value is -0.790. The third-order valence-electron chi connectivity index (χ3n) is 3.47. The van der Waals surface area contributed by atoms with Gasteiger partial charge in [-0.15, -0.1) is 0 Å². The minimum absolute atomic E-state index is 0.604. The highest BCUT2D eigenvalue weighted by molar-refractivity contribution is 4.93. The third kappa shape index (κ3) is 5.90. The van der Waals surface area contributed by atoms with Crippen molar-refractivity contribution in [2.75, 3.05) is 0 Å². The largest absolute Gasteiger partial charge is 0.334 e. The van der Waals surface area contributed by atoms with E-state index in [0.29, 0.717) is 6.04 Å². The van der Waals surface area contributed by atoms with E-state index in [-0.39, 0.29) is 0 Å². The van der Waals surface area contributed by atoms with Crippen LogP contribution in [0.15, 0.2) is 12.5 Å². The van der Waals surface area contributed by atoms with E-state index in [2.05, 4.69) is 36.5 Å². The van der Waals surface area contributed by atoms with Gasteiger partial charge < -0.3 is 4.57 Å². The molecule has 0 amide bonds. The average Bonchev–Trinajstić information content (AvgIpc) is 2.74. The molecule has 0 saturated carbocycles. The fraction of sp³-hybridized carbons (Fsp3) is 0.800. The second kappa shape index (κ2) is 8.32. The number of aromatic nitrogens is 2. The summed E-state index contributed by atoms with van der Waals surface area (Å²) in [6, 6.07) is 0.604. The summed E-state index contributed by atoms with van der Waals surface area (Å²) in [6.45, 7) is 6.62. The van der Waals surface area contributed by atoms with Crippen LogP contribution in [0.1, 0.15) is 76.9 Å². The van der Waals surface area contributed by atoms with Crippen LogP contribution in [0.2, 0.25) is 0 Å². The molecule has 98 valence electrons. The predicted molar refractivity (Wildman–Crippen MR) is 74.3 cm³/mol. The Balaban J connectivity index is 2.03. The van der Waals surface area contributed by atoms with Gasteiger partial charge in [-0.1, -0.05) is 51.9 Å². The topological polar surface area (TPSA) is 17.8 Å². The van der Waals surface area contributed by atoms with Crippen molar-refractivity contribution in [2.24, 2.45) is 0 Å². The van der Waals surface area contributed by atoms with E-state index in [1.54, 1.807) is 0 Å². The van der Waals surface area contributed by atoms with Crippen LogP contribution < -0.4 is 0 Å². The van der Waals surface area contributed by atoms with Crippen molar-refractivity contribution in [3.05, 3.63) is 18.2 Å². The van der Waals surface area contributed by atoms with Gasteiger partial charge in [-0.25, -0.2) is 4.98 Å². The summed E-state index contributed by atoms with van der Waals surface area (Å²) >= 11 is 0.